The molecule has 0 aromatic carbocycles. The van der Waals surface area contributed by atoms with E-state index < -0.39 is 10.0 Å². The molecule has 0 spiro atoms. The molecular formula is C6H13NO2S. The van der Waals surface area contributed by atoms with E-state index in [4.69, 9.17) is 0 Å². The average Bonchev–Trinajstić information content (AvgIpc) is 2.10. The third kappa shape index (κ3) is 1.70. The SMILES string of the molecule is CC(C)[C@H]1CCS(=O)(=O)N1. The summed E-state index contributed by atoms with van der Waals surface area (Å²) in [6.45, 7) is 4.05. The Morgan fingerprint density at radius 3 is 2.30 bits per heavy atom. The van der Waals surface area contributed by atoms with E-state index in [1.54, 1.807) is 0 Å². The Bertz CT molecular complexity index is 208. The van der Waals surface area contributed by atoms with Crippen molar-refractivity contribution in [3.63, 3.8) is 0 Å². The van der Waals surface area contributed by atoms with Crippen LogP contribution >= 0.6 is 0 Å². The number of nitrogens with one attached hydrogen (secondary N) is 1. The van der Waals surface area contributed by atoms with Crippen LogP contribution in [-0.4, -0.2) is 20.2 Å². The van der Waals surface area contributed by atoms with E-state index in [0.29, 0.717) is 11.7 Å². The van der Waals surface area contributed by atoms with Crippen LogP contribution < -0.4 is 4.72 Å². The van der Waals surface area contributed by atoms with E-state index in [1.807, 2.05) is 13.8 Å². The summed E-state index contributed by atoms with van der Waals surface area (Å²) in [7, 11) is -2.89. The molecule has 1 saturated heterocycles. The standard InChI is InChI=1S/C6H13NO2S/c1-5(2)6-3-4-10(8,9)7-6/h5-7H,3-4H2,1-2H3/t6-/m1/s1. The van der Waals surface area contributed by atoms with Crippen LogP contribution in [0, 0.1) is 5.92 Å². The third-order valence-corrected chi connectivity index (χ3v) is 3.27. The Morgan fingerprint density at radius 2 is 2.10 bits per heavy atom. The van der Waals surface area contributed by atoms with Crippen molar-refractivity contribution in [3.8, 4) is 0 Å². The van der Waals surface area contributed by atoms with Gasteiger partial charge in [-0.2, -0.15) is 0 Å². The summed E-state index contributed by atoms with van der Waals surface area (Å²) in [5, 5.41) is 0. The maximum atomic E-state index is 10.8. The highest BCUT2D eigenvalue weighted by molar-refractivity contribution is 7.89. The highest BCUT2D eigenvalue weighted by Gasteiger charge is 2.28. The monoisotopic (exact) mass is 163 g/mol. The summed E-state index contributed by atoms with van der Waals surface area (Å²) in [4.78, 5) is 0. The number of rotatable bonds is 1. The molecule has 60 valence electrons. The summed E-state index contributed by atoms with van der Waals surface area (Å²) in [6.07, 6.45) is 0.764. The van der Waals surface area contributed by atoms with Crippen LogP contribution in [0.15, 0.2) is 0 Å². The lowest BCUT2D eigenvalue weighted by atomic mass is 10.0. The average molecular weight is 163 g/mol. The normalized spacial score (nSPS) is 31.3. The van der Waals surface area contributed by atoms with Crippen LogP contribution in [0.4, 0.5) is 0 Å². The minimum Gasteiger partial charge on any atom is -0.212 e. The first-order chi connectivity index (χ1) is 4.51. The molecule has 0 radical (unpaired) electrons. The van der Waals surface area contributed by atoms with Gasteiger partial charge in [0.25, 0.3) is 0 Å². The topological polar surface area (TPSA) is 46.2 Å². The molecule has 1 fully saturated rings. The summed E-state index contributed by atoms with van der Waals surface area (Å²) in [5.74, 6) is 0.716. The first-order valence-electron chi connectivity index (χ1n) is 3.51. The maximum absolute atomic E-state index is 10.8. The van der Waals surface area contributed by atoms with Crippen LogP contribution in [0.2, 0.25) is 0 Å². The van der Waals surface area contributed by atoms with Crippen molar-refractivity contribution in [3.05, 3.63) is 0 Å². The lowest BCUT2D eigenvalue weighted by molar-refractivity contribution is 0.467. The van der Waals surface area contributed by atoms with Crippen molar-refractivity contribution in [2.75, 3.05) is 5.75 Å². The third-order valence-electron chi connectivity index (χ3n) is 1.83. The van der Waals surface area contributed by atoms with Crippen LogP contribution in [-0.2, 0) is 10.0 Å². The fourth-order valence-corrected chi connectivity index (χ4v) is 2.63. The van der Waals surface area contributed by atoms with Crippen molar-refractivity contribution in [1.29, 1.82) is 0 Å². The molecule has 0 aromatic heterocycles. The van der Waals surface area contributed by atoms with Crippen molar-refractivity contribution >= 4 is 10.0 Å². The predicted octanol–water partition coefficient (Wildman–Crippen LogP) is 0.334. The summed E-state index contributed by atoms with van der Waals surface area (Å²) in [6, 6.07) is 0.171. The first kappa shape index (κ1) is 8.01. The molecular weight excluding hydrogens is 150 g/mol. The van der Waals surface area contributed by atoms with Gasteiger partial charge in [0.05, 0.1) is 5.75 Å². The van der Waals surface area contributed by atoms with Crippen molar-refractivity contribution < 1.29 is 8.42 Å². The zero-order valence-electron chi connectivity index (χ0n) is 6.29. The summed E-state index contributed by atoms with van der Waals surface area (Å²) in [5.41, 5.74) is 0. The number of hydrogen-bond donors (Lipinski definition) is 1. The second kappa shape index (κ2) is 2.51. The summed E-state index contributed by atoms with van der Waals surface area (Å²) < 4.78 is 24.3. The molecule has 1 rings (SSSR count). The van der Waals surface area contributed by atoms with Crippen LogP contribution in [0.1, 0.15) is 20.3 Å². The molecule has 0 aromatic rings. The zero-order chi connectivity index (χ0) is 7.78. The minimum absolute atomic E-state index is 0.171. The van der Waals surface area contributed by atoms with E-state index in [0.717, 1.165) is 6.42 Å². The lowest BCUT2D eigenvalue weighted by Gasteiger charge is -2.11. The van der Waals surface area contributed by atoms with Gasteiger partial charge in [-0.25, -0.2) is 13.1 Å². The maximum Gasteiger partial charge on any atom is 0.211 e. The lowest BCUT2D eigenvalue weighted by Crippen LogP contribution is -2.29. The molecule has 1 atom stereocenters. The molecule has 1 aliphatic rings. The van der Waals surface area contributed by atoms with Gasteiger partial charge < -0.3 is 0 Å². The molecule has 0 unspecified atom stereocenters. The molecule has 1 aliphatic heterocycles. The largest absolute Gasteiger partial charge is 0.212 e. The van der Waals surface area contributed by atoms with Gasteiger partial charge in [-0.05, 0) is 12.3 Å². The molecule has 10 heavy (non-hydrogen) atoms. The van der Waals surface area contributed by atoms with E-state index in [1.165, 1.54) is 0 Å². The molecule has 0 amide bonds. The second-order valence-electron chi connectivity index (χ2n) is 3.08. The van der Waals surface area contributed by atoms with Crippen LogP contribution in [0.25, 0.3) is 0 Å². The van der Waals surface area contributed by atoms with E-state index in [-0.39, 0.29) is 6.04 Å². The number of hydrogen-bond acceptors (Lipinski definition) is 2. The molecule has 4 heteroatoms. The van der Waals surface area contributed by atoms with E-state index in [2.05, 4.69) is 4.72 Å². The molecule has 0 saturated carbocycles. The quantitative estimate of drug-likeness (QED) is 0.605. The van der Waals surface area contributed by atoms with Crippen molar-refractivity contribution in [2.45, 2.75) is 26.3 Å². The van der Waals surface area contributed by atoms with Gasteiger partial charge in [-0.1, -0.05) is 13.8 Å². The number of sulfonamides is 1. The Hall–Kier alpha value is -0.0900. The first-order valence-corrected chi connectivity index (χ1v) is 5.16. The highest BCUT2D eigenvalue weighted by Crippen LogP contribution is 2.14. The van der Waals surface area contributed by atoms with Crippen LogP contribution in [0.5, 0.6) is 0 Å². The highest BCUT2D eigenvalue weighted by atomic mass is 32.2. The van der Waals surface area contributed by atoms with Crippen LogP contribution in [0.3, 0.4) is 0 Å². The Labute approximate surface area is 61.9 Å². The van der Waals surface area contributed by atoms with E-state index >= 15 is 0 Å². The van der Waals surface area contributed by atoms with Gasteiger partial charge in [-0.3, -0.25) is 0 Å². The predicted molar refractivity (Wildman–Crippen MR) is 40.2 cm³/mol. The Morgan fingerprint density at radius 1 is 1.50 bits per heavy atom. The molecule has 1 heterocycles. The van der Waals surface area contributed by atoms with E-state index in [9.17, 15) is 8.42 Å². The smallest absolute Gasteiger partial charge is 0.211 e. The molecule has 0 aliphatic carbocycles. The fraction of sp³-hybridized carbons (Fsp3) is 1.00. The fourth-order valence-electron chi connectivity index (χ4n) is 1.10. The zero-order valence-corrected chi connectivity index (χ0v) is 7.11. The summed E-state index contributed by atoms with van der Waals surface area (Å²) >= 11 is 0. The van der Waals surface area contributed by atoms with Gasteiger partial charge in [-0.15, -0.1) is 0 Å². The van der Waals surface area contributed by atoms with Gasteiger partial charge in [0, 0.05) is 6.04 Å². The van der Waals surface area contributed by atoms with Gasteiger partial charge in [0.2, 0.25) is 10.0 Å². The molecule has 1 N–H and O–H groups in total. The minimum atomic E-state index is -2.89. The second-order valence-corrected chi connectivity index (χ2v) is 4.95. The molecule has 3 nitrogen and oxygen atoms in total. The Balaban J connectivity index is 2.60. The Kier molecular flexibility index (Phi) is 2.01. The van der Waals surface area contributed by atoms with Gasteiger partial charge in [0.15, 0.2) is 0 Å². The van der Waals surface area contributed by atoms with Crippen molar-refractivity contribution in [2.24, 2.45) is 5.92 Å². The van der Waals surface area contributed by atoms with Gasteiger partial charge in [0.1, 0.15) is 0 Å². The van der Waals surface area contributed by atoms with Crippen molar-refractivity contribution in [1.82, 2.24) is 4.72 Å². The van der Waals surface area contributed by atoms with Gasteiger partial charge >= 0.3 is 0 Å². The molecule has 0 bridgehead atoms.